The number of ether oxygens (including phenoxy) is 1. The summed E-state index contributed by atoms with van der Waals surface area (Å²) in [7, 11) is 0. The lowest BCUT2D eigenvalue weighted by Crippen LogP contribution is -2.49. The van der Waals surface area contributed by atoms with Gasteiger partial charge in [-0.15, -0.1) is 0 Å². The Morgan fingerprint density at radius 1 is 1.14 bits per heavy atom. The van der Waals surface area contributed by atoms with Crippen LogP contribution in [0, 0.1) is 0 Å². The molecule has 156 valence electrons. The van der Waals surface area contributed by atoms with Crippen molar-refractivity contribution in [2.24, 2.45) is 5.84 Å². The van der Waals surface area contributed by atoms with E-state index in [4.69, 9.17) is 10.6 Å². The highest BCUT2D eigenvalue weighted by atomic mass is 19.4. The number of halogens is 3. The van der Waals surface area contributed by atoms with Gasteiger partial charge in [0, 0.05) is 38.3 Å². The maximum absolute atomic E-state index is 12.9. The second-order valence-electron chi connectivity index (χ2n) is 7.59. The summed E-state index contributed by atoms with van der Waals surface area (Å²) in [4.78, 5) is 27.6. The lowest BCUT2D eigenvalue weighted by molar-refractivity contribution is -0.137. The highest BCUT2D eigenvalue weighted by molar-refractivity contribution is 5.95. The molecule has 7 nitrogen and oxygen atoms in total. The summed E-state index contributed by atoms with van der Waals surface area (Å²) in [6, 6.07) is 3.03. The number of alkyl halides is 3. The number of hydrogen-bond donors (Lipinski definition) is 2. The van der Waals surface area contributed by atoms with Crippen LogP contribution in [0.25, 0.3) is 0 Å². The summed E-state index contributed by atoms with van der Waals surface area (Å²) in [6.07, 6.45) is -4.95. The van der Waals surface area contributed by atoms with Crippen molar-refractivity contribution in [3.05, 3.63) is 34.9 Å². The van der Waals surface area contributed by atoms with E-state index in [1.165, 1.54) is 6.07 Å². The van der Waals surface area contributed by atoms with Crippen molar-refractivity contribution in [1.82, 2.24) is 15.2 Å². The van der Waals surface area contributed by atoms with Crippen molar-refractivity contribution >= 4 is 12.0 Å². The second kappa shape index (κ2) is 8.36. The van der Waals surface area contributed by atoms with Gasteiger partial charge in [0.05, 0.1) is 5.56 Å². The maximum atomic E-state index is 12.9. The molecule has 1 fully saturated rings. The molecule has 28 heavy (non-hydrogen) atoms. The predicted molar refractivity (Wildman–Crippen MR) is 96.2 cm³/mol. The van der Waals surface area contributed by atoms with Crippen molar-refractivity contribution in [2.75, 3.05) is 26.2 Å². The van der Waals surface area contributed by atoms with E-state index < -0.39 is 29.3 Å². The first-order valence-corrected chi connectivity index (χ1v) is 8.82. The molecule has 1 aromatic carbocycles. The third kappa shape index (κ3) is 5.83. The molecule has 0 atom stereocenters. The van der Waals surface area contributed by atoms with Crippen LogP contribution in [-0.4, -0.2) is 53.6 Å². The third-order valence-electron chi connectivity index (χ3n) is 4.23. The Morgan fingerprint density at radius 2 is 1.75 bits per heavy atom. The summed E-state index contributed by atoms with van der Waals surface area (Å²) >= 11 is 0. The zero-order chi connectivity index (χ0) is 21.1. The molecule has 0 spiro atoms. The van der Waals surface area contributed by atoms with Crippen molar-refractivity contribution in [2.45, 2.75) is 39.1 Å². The molecule has 2 rings (SSSR count). The molecule has 1 aliphatic rings. The van der Waals surface area contributed by atoms with Crippen LogP contribution in [0.15, 0.2) is 18.2 Å². The van der Waals surface area contributed by atoms with E-state index in [1.54, 1.807) is 25.7 Å². The van der Waals surface area contributed by atoms with Gasteiger partial charge in [-0.1, -0.05) is 6.07 Å². The van der Waals surface area contributed by atoms with Crippen LogP contribution in [0.5, 0.6) is 0 Å². The van der Waals surface area contributed by atoms with E-state index in [0.717, 1.165) is 12.1 Å². The fourth-order valence-corrected chi connectivity index (χ4v) is 2.84. The first-order chi connectivity index (χ1) is 12.9. The van der Waals surface area contributed by atoms with E-state index >= 15 is 0 Å². The minimum atomic E-state index is -4.55. The van der Waals surface area contributed by atoms with Crippen LogP contribution in [0.2, 0.25) is 0 Å². The number of hydrogen-bond acceptors (Lipinski definition) is 5. The van der Waals surface area contributed by atoms with Crippen molar-refractivity contribution in [3.63, 3.8) is 0 Å². The number of rotatable bonds is 3. The average Bonchev–Trinajstić information content (AvgIpc) is 2.59. The van der Waals surface area contributed by atoms with Gasteiger partial charge in [-0.3, -0.25) is 15.1 Å². The number of amides is 2. The van der Waals surface area contributed by atoms with Crippen LogP contribution in [0.3, 0.4) is 0 Å². The Bertz CT molecular complexity index is 724. The Balaban J connectivity index is 2.06. The van der Waals surface area contributed by atoms with Gasteiger partial charge in [0.1, 0.15) is 5.60 Å². The lowest BCUT2D eigenvalue weighted by Gasteiger charge is -2.35. The monoisotopic (exact) mass is 402 g/mol. The fourth-order valence-electron chi connectivity index (χ4n) is 2.84. The smallest absolute Gasteiger partial charge is 0.416 e. The molecular formula is C18H25F3N4O3. The van der Waals surface area contributed by atoms with Gasteiger partial charge < -0.3 is 9.64 Å². The second-order valence-corrected chi connectivity index (χ2v) is 7.59. The molecule has 0 radical (unpaired) electrons. The molecule has 0 bridgehead atoms. The van der Waals surface area contributed by atoms with Gasteiger partial charge in [-0.2, -0.15) is 13.2 Å². The SMILES string of the molecule is CC(C)(C)OC(=O)N1CCN(Cc2ccc(C(F)(F)F)cc2C(=O)NN)CC1. The van der Waals surface area contributed by atoms with Crippen LogP contribution >= 0.6 is 0 Å². The molecule has 1 aliphatic heterocycles. The maximum Gasteiger partial charge on any atom is 0.416 e. The fraction of sp³-hybridized carbons (Fsp3) is 0.556. The number of nitrogens with two attached hydrogens (primary N) is 1. The minimum Gasteiger partial charge on any atom is -0.444 e. The zero-order valence-electron chi connectivity index (χ0n) is 16.1. The highest BCUT2D eigenvalue weighted by Gasteiger charge is 2.32. The summed E-state index contributed by atoms with van der Waals surface area (Å²) in [5.41, 5.74) is 0.704. The number of nitrogen functional groups attached to an aromatic ring is 1. The lowest BCUT2D eigenvalue weighted by atomic mass is 10.0. The minimum absolute atomic E-state index is 0.119. The van der Waals surface area contributed by atoms with Crippen LogP contribution < -0.4 is 11.3 Å². The Morgan fingerprint density at radius 3 is 2.25 bits per heavy atom. The normalized spacial score (nSPS) is 16.0. The summed E-state index contributed by atoms with van der Waals surface area (Å²) < 4.78 is 44.2. The topological polar surface area (TPSA) is 87.9 Å². The molecule has 10 heteroatoms. The molecule has 1 saturated heterocycles. The van der Waals surface area contributed by atoms with E-state index in [1.807, 2.05) is 10.3 Å². The van der Waals surface area contributed by atoms with E-state index in [0.29, 0.717) is 31.7 Å². The third-order valence-corrected chi connectivity index (χ3v) is 4.23. The van der Waals surface area contributed by atoms with Gasteiger partial charge in [-0.05, 0) is 38.5 Å². The predicted octanol–water partition coefficient (Wildman–Crippen LogP) is 2.36. The largest absolute Gasteiger partial charge is 0.444 e. The van der Waals surface area contributed by atoms with Crippen molar-refractivity contribution < 1.29 is 27.5 Å². The highest BCUT2D eigenvalue weighted by Crippen LogP contribution is 2.31. The van der Waals surface area contributed by atoms with Gasteiger partial charge in [0.25, 0.3) is 5.91 Å². The molecular weight excluding hydrogens is 377 g/mol. The van der Waals surface area contributed by atoms with Crippen molar-refractivity contribution in [1.29, 1.82) is 0 Å². The average molecular weight is 402 g/mol. The Kier molecular flexibility index (Phi) is 6.56. The summed E-state index contributed by atoms with van der Waals surface area (Å²) in [5.74, 6) is 4.33. The number of benzene rings is 1. The van der Waals surface area contributed by atoms with Crippen molar-refractivity contribution in [3.8, 4) is 0 Å². The standard InChI is InChI=1S/C18H25F3N4O3/c1-17(2,3)28-16(27)25-8-6-24(7-9-25)11-12-4-5-13(18(19,20)21)10-14(12)15(26)23-22/h4-5,10H,6-9,11,22H2,1-3H3,(H,23,26). The zero-order valence-corrected chi connectivity index (χ0v) is 16.1. The van der Waals surface area contributed by atoms with Crippen LogP contribution in [0.4, 0.5) is 18.0 Å². The summed E-state index contributed by atoms with van der Waals surface area (Å²) in [5, 5.41) is 0. The summed E-state index contributed by atoms with van der Waals surface area (Å²) in [6.45, 7) is 7.49. The van der Waals surface area contributed by atoms with Crippen LogP contribution in [-0.2, 0) is 17.5 Å². The van der Waals surface area contributed by atoms with E-state index in [2.05, 4.69) is 0 Å². The molecule has 3 N–H and O–H groups in total. The molecule has 0 saturated carbocycles. The number of nitrogens with zero attached hydrogens (tertiary/aromatic N) is 2. The van der Waals surface area contributed by atoms with E-state index in [9.17, 15) is 22.8 Å². The first-order valence-electron chi connectivity index (χ1n) is 8.82. The van der Waals surface area contributed by atoms with Gasteiger partial charge in [-0.25, -0.2) is 10.6 Å². The molecule has 1 heterocycles. The number of carbonyl (C=O) groups excluding carboxylic acids is 2. The van der Waals surface area contributed by atoms with Gasteiger partial charge >= 0.3 is 12.3 Å². The molecule has 0 unspecified atom stereocenters. The Hall–Kier alpha value is -2.33. The quantitative estimate of drug-likeness (QED) is 0.460. The number of nitrogens with one attached hydrogen (secondary N) is 1. The number of hydrazine groups is 1. The Labute approximate surface area is 161 Å². The number of carbonyl (C=O) groups is 2. The molecule has 1 aromatic rings. The molecule has 0 aliphatic carbocycles. The molecule has 2 amide bonds. The van der Waals surface area contributed by atoms with Gasteiger partial charge in [0.15, 0.2) is 0 Å². The number of piperazine rings is 1. The van der Waals surface area contributed by atoms with E-state index in [-0.39, 0.29) is 12.1 Å². The first kappa shape index (κ1) is 22.0. The van der Waals surface area contributed by atoms with Crippen LogP contribution in [0.1, 0.15) is 42.3 Å². The molecule has 0 aromatic heterocycles. The van der Waals surface area contributed by atoms with Gasteiger partial charge in [0.2, 0.25) is 0 Å².